The largest absolute Gasteiger partial charge is 0.397 e. The normalized spacial score (nSPS) is 25.9. The van der Waals surface area contributed by atoms with Crippen LogP contribution >= 0.6 is 22.9 Å². The fraction of sp³-hybridized carbons (Fsp3) is 0.639. The predicted octanol–water partition coefficient (Wildman–Crippen LogP) is 4.49. The van der Waals surface area contributed by atoms with Gasteiger partial charge in [0.1, 0.15) is 6.04 Å². The molecule has 1 aromatic heterocycles. The standard InChI is InChI=1S/C36H51ClN8O3S/c1-3-24-16-23(17-30(37)33(24)38)18-31(34(46)43-14-12-42(13-15-43)29-19-27-4-5-28(20-29)41(27)2)39-35(47)44-9-7-26(8-10-44)45-11-6-25-21-49-22-32(25)40-36(45)48/h16-17,21-22,26-29,31H,3-15,18-20,38H2,1-2H3,(H,39,47)(H,40,48)/t27?,28?,29?,31-/m1/s1. The monoisotopic (exact) mass is 710 g/mol. The molecule has 4 fully saturated rings. The lowest BCUT2D eigenvalue weighted by atomic mass is 9.95. The Hall–Kier alpha value is -3.06. The third-order valence-corrected chi connectivity index (χ3v) is 13.1. The highest BCUT2D eigenvalue weighted by molar-refractivity contribution is 7.08. The number of anilines is 2. The van der Waals surface area contributed by atoms with E-state index in [-0.39, 0.29) is 24.0 Å². The van der Waals surface area contributed by atoms with Gasteiger partial charge in [-0.25, -0.2) is 9.59 Å². The number of halogens is 1. The Morgan fingerprint density at radius 1 is 0.959 bits per heavy atom. The molecule has 6 heterocycles. The molecule has 0 saturated carbocycles. The van der Waals surface area contributed by atoms with Crippen LogP contribution in [0, 0.1) is 0 Å². The zero-order chi connectivity index (χ0) is 34.2. The van der Waals surface area contributed by atoms with Crippen molar-refractivity contribution in [2.45, 2.75) is 94.9 Å². The molecule has 2 bridgehead atoms. The van der Waals surface area contributed by atoms with Gasteiger partial charge in [0.2, 0.25) is 5.91 Å². The van der Waals surface area contributed by atoms with Crippen LogP contribution in [0.25, 0.3) is 0 Å². The number of piperidine rings is 2. The minimum absolute atomic E-state index is 0.0501. The summed E-state index contributed by atoms with van der Waals surface area (Å²) in [5.41, 5.74) is 10.7. The Labute approximate surface area is 299 Å². The van der Waals surface area contributed by atoms with Crippen molar-refractivity contribution in [1.29, 1.82) is 0 Å². The first-order valence-corrected chi connectivity index (χ1v) is 19.5. The van der Waals surface area contributed by atoms with Gasteiger partial charge >= 0.3 is 12.1 Å². The van der Waals surface area contributed by atoms with Crippen LogP contribution in [0.3, 0.4) is 0 Å². The average Bonchev–Trinajstić information content (AvgIpc) is 3.56. The van der Waals surface area contributed by atoms with Crippen molar-refractivity contribution in [3.63, 3.8) is 0 Å². The van der Waals surface area contributed by atoms with Crippen molar-refractivity contribution in [2.75, 3.05) is 63.9 Å². The number of amides is 5. The second-order valence-corrected chi connectivity index (χ2v) is 15.8. The summed E-state index contributed by atoms with van der Waals surface area (Å²) in [7, 11) is 2.28. The summed E-state index contributed by atoms with van der Waals surface area (Å²) < 4.78 is 0. The van der Waals surface area contributed by atoms with Crippen molar-refractivity contribution < 1.29 is 14.4 Å². The summed E-state index contributed by atoms with van der Waals surface area (Å²) >= 11 is 8.13. The molecule has 0 aliphatic carbocycles. The molecule has 2 unspecified atom stereocenters. The number of nitrogens with one attached hydrogen (secondary N) is 2. The van der Waals surface area contributed by atoms with Crippen LogP contribution in [0.1, 0.15) is 62.1 Å². The third-order valence-electron chi connectivity index (χ3n) is 12.0. The van der Waals surface area contributed by atoms with Crippen molar-refractivity contribution >= 4 is 52.3 Å². The van der Waals surface area contributed by atoms with E-state index in [1.165, 1.54) is 31.2 Å². The first-order valence-electron chi connectivity index (χ1n) is 18.2. The van der Waals surface area contributed by atoms with Gasteiger partial charge in [-0.3, -0.25) is 9.69 Å². The van der Waals surface area contributed by atoms with Gasteiger partial charge in [-0.05, 0) is 86.6 Å². The van der Waals surface area contributed by atoms with E-state index in [0.717, 1.165) is 42.7 Å². The van der Waals surface area contributed by atoms with Crippen molar-refractivity contribution in [3.8, 4) is 0 Å². The van der Waals surface area contributed by atoms with Crippen LogP contribution in [-0.4, -0.2) is 126 Å². The van der Waals surface area contributed by atoms with Gasteiger partial charge in [0.15, 0.2) is 0 Å². The number of urea groups is 2. The molecular weight excluding hydrogens is 660 g/mol. The first-order chi connectivity index (χ1) is 23.7. The maximum absolute atomic E-state index is 14.2. The number of likely N-dealkylation sites (tertiary alicyclic amines) is 1. The minimum atomic E-state index is -0.726. The second-order valence-electron chi connectivity index (χ2n) is 14.6. The van der Waals surface area contributed by atoms with E-state index in [0.29, 0.717) is 80.8 Å². The van der Waals surface area contributed by atoms with E-state index in [1.54, 1.807) is 16.2 Å². The molecule has 0 spiro atoms. The van der Waals surface area contributed by atoms with E-state index in [2.05, 4.69) is 32.9 Å². The van der Waals surface area contributed by atoms with Gasteiger partial charge in [0.05, 0.1) is 16.4 Å². The average molecular weight is 711 g/mol. The van der Waals surface area contributed by atoms with Crippen LogP contribution in [0.2, 0.25) is 5.02 Å². The molecular formula is C36H51ClN8O3S. The lowest BCUT2D eigenvalue weighted by Gasteiger charge is -2.45. The summed E-state index contributed by atoms with van der Waals surface area (Å²) in [6.07, 6.45) is 8.30. The number of rotatable bonds is 7. The SMILES string of the molecule is CCc1cc(C[C@@H](NC(=O)N2CCC(N3CCc4cscc4NC3=O)CC2)C(=O)N2CCN(C3CC4CCC(C3)N4C)CC2)cc(Cl)c1N. The van der Waals surface area contributed by atoms with Gasteiger partial charge in [-0.1, -0.05) is 24.6 Å². The lowest BCUT2D eigenvalue weighted by molar-refractivity contribution is -0.135. The molecule has 4 N–H and O–H groups in total. The van der Waals surface area contributed by atoms with Gasteiger partial charge in [-0.2, -0.15) is 0 Å². The quantitative estimate of drug-likeness (QED) is 0.365. The number of nitrogens with zero attached hydrogens (tertiary/aromatic N) is 5. The van der Waals surface area contributed by atoms with E-state index in [1.807, 2.05) is 34.2 Å². The van der Waals surface area contributed by atoms with Crippen LogP contribution in [0.5, 0.6) is 0 Å². The van der Waals surface area contributed by atoms with Gasteiger partial charge in [0, 0.05) is 81.8 Å². The molecule has 5 amide bonds. The number of piperazine rings is 1. The smallest absolute Gasteiger partial charge is 0.322 e. The third kappa shape index (κ3) is 7.25. The summed E-state index contributed by atoms with van der Waals surface area (Å²) in [6.45, 7) is 6.78. The number of hydrogen-bond donors (Lipinski definition) is 3. The number of nitrogen functional groups attached to an aromatic ring is 1. The fourth-order valence-corrected chi connectivity index (χ4v) is 10.0. The summed E-state index contributed by atoms with van der Waals surface area (Å²) in [5, 5.41) is 10.8. The first kappa shape index (κ1) is 34.4. The highest BCUT2D eigenvalue weighted by atomic mass is 35.5. The summed E-state index contributed by atoms with van der Waals surface area (Å²) in [4.78, 5) is 51.9. The van der Waals surface area contributed by atoms with Gasteiger partial charge in [-0.15, -0.1) is 11.3 Å². The van der Waals surface area contributed by atoms with Gasteiger partial charge in [0.25, 0.3) is 0 Å². The van der Waals surface area contributed by atoms with E-state index in [9.17, 15) is 14.4 Å². The Bertz CT molecular complexity index is 1520. The lowest BCUT2D eigenvalue weighted by Crippen LogP contribution is -2.60. The number of aryl methyl sites for hydroxylation is 1. The second kappa shape index (κ2) is 14.7. The van der Waals surface area contributed by atoms with E-state index >= 15 is 0 Å². The van der Waals surface area contributed by atoms with Crippen molar-refractivity contribution in [1.82, 2.24) is 29.8 Å². The molecule has 4 saturated heterocycles. The van der Waals surface area contributed by atoms with Crippen LogP contribution < -0.4 is 16.4 Å². The molecule has 11 nitrogen and oxygen atoms in total. The number of benzene rings is 1. The molecule has 266 valence electrons. The molecule has 5 aliphatic rings. The van der Waals surface area contributed by atoms with E-state index in [4.69, 9.17) is 17.3 Å². The Morgan fingerprint density at radius 2 is 1.67 bits per heavy atom. The Balaban J connectivity index is 0.991. The molecule has 2 aromatic rings. The maximum Gasteiger partial charge on any atom is 0.322 e. The highest BCUT2D eigenvalue weighted by Crippen LogP contribution is 2.36. The molecule has 49 heavy (non-hydrogen) atoms. The number of carbonyl (C=O) groups excluding carboxylic acids is 3. The van der Waals surface area contributed by atoms with Crippen LogP contribution in [0.15, 0.2) is 22.9 Å². The van der Waals surface area contributed by atoms with Crippen molar-refractivity contribution in [2.24, 2.45) is 0 Å². The van der Waals surface area contributed by atoms with Crippen LogP contribution in [-0.2, 0) is 24.1 Å². The maximum atomic E-state index is 14.2. The van der Waals surface area contributed by atoms with E-state index < -0.39 is 6.04 Å². The summed E-state index contributed by atoms with van der Waals surface area (Å²) in [6, 6.07) is 4.82. The molecule has 5 aliphatic heterocycles. The molecule has 0 radical (unpaired) electrons. The number of fused-ring (bicyclic) bond motifs is 3. The number of carbonyl (C=O) groups is 3. The number of thiophene rings is 1. The zero-order valence-corrected chi connectivity index (χ0v) is 30.4. The van der Waals surface area contributed by atoms with Crippen molar-refractivity contribution in [3.05, 3.63) is 44.6 Å². The molecule has 3 atom stereocenters. The van der Waals surface area contributed by atoms with Crippen LogP contribution in [0.4, 0.5) is 21.0 Å². The topological polar surface area (TPSA) is 117 Å². The number of hydrogen-bond acceptors (Lipinski definition) is 7. The summed E-state index contributed by atoms with van der Waals surface area (Å²) in [5.74, 6) is -0.0501. The fourth-order valence-electron chi connectivity index (χ4n) is 8.92. The number of nitrogens with two attached hydrogens (primary N) is 1. The molecule has 13 heteroatoms. The zero-order valence-electron chi connectivity index (χ0n) is 28.8. The minimum Gasteiger partial charge on any atom is -0.397 e. The van der Waals surface area contributed by atoms with Gasteiger partial charge < -0.3 is 36.0 Å². The molecule has 7 rings (SSSR count). The molecule has 1 aromatic carbocycles. The Kier molecular flexibility index (Phi) is 10.3. The predicted molar refractivity (Wildman–Crippen MR) is 195 cm³/mol. The highest BCUT2D eigenvalue weighted by Gasteiger charge is 2.41. The Morgan fingerprint density at radius 3 is 2.37 bits per heavy atom.